The number of rotatable bonds is 5. The second-order valence-corrected chi connectivity index (χ2v) is 10.5. The van der Waals surface area contributed by atoms with Crippen LogP contribution in [0, 0.1) is 12.8 Å². The predicted octanol–water partition coefficient (Wildman–Crippen LogP) is 3.42. The van der Waals surface area contributed by atoms with E-state index < -0.39 is 10.0 Å². The fourth-order valence-corrected chi connectivity index (χ4v) is 6.04. The molecule has 2 fully saturated rings. The topological polar surface area (TPSA) is 66.9 Å². The molecule has 0 aliphatic carbocycles. The van der Waals surface area contributed by atoms with Crippen LogP contribution < -0.4 is 4.74 Å². The predicted molar refractivity (Wildman–Crippen MR) is 120 cm³/mol. The summed E-state index contributed by atoms with van der Waals surface area (Å²) >= 11 is 0. The van der Waals surface area contributed by atoms with E-state index in [9.17, 15) is 13.2 Å². The summed E-state index contributed by atoms with van der Waals surface area (Å²) in [5.74, 6) is 1.25. The Morgan fingerprint density at radius 3 is 2.19 bits per heavy atom. The Morgan fingerprint density at radius 1 is 0.935 bits per heavy atom. The van der Waals surface area contributed by atoms with Gasteiger partial charge in [-0.05, 0) is 56.0 Å². The van der Waals surface area contributed by atoms with Crippen LogP contribution in [0.4, 0.5) is 0 Å². The molecule has 1 unspecified atom stereocenters. The standard InChI is InChI=1S/C24H30N2O4S/c1-18-3-9-23(10-4-18)31(28,29)26-15-12-20(13-16-26)24(27)25-14-11-21(17-25)19-5-7-22(30-2)8-6-19/h3-10,20-21H,11-17H2,1-2H3. The Bertz CT molecular complexity index is 1010. The first-order valence-corrected chi connectivity index (χ1v) is 12.3. The van der Waals surface area contributed by atoms with Crippen molar-refractivity contribution in [2.24, 2.45) is 5.92 Å². The molecule has 166 valence electrons. The fourth-order valence-electron chi connectivity index (χ4n) is 4.57. The van der Waals surface area contributed by atoms with E-state index >= 15 is 0 Å². The largest absolute Gasteiger partial charge is 0.497 e. The van der Waals surface area contributed by atoms with Crippen molar-refractivity contribution in [2.75, 3.05) is 33.3 Å². The van der Waals surface area contributed by atoms with Gasteiger partial charge in [-0.2, -0.15) is 4.31 Å². The van der Waals surface area contributed by atoms with E-state index in [4.69, 9.17) is 4.74 Å². The highest BCUT2D eigenvalue weighted by molar-refractivity contribution is 7.89. The summed E-state index contributed by atoms with van der Waals surface area (Å²) in [6.07, 6.45) is 2.11. The molecule has 0 bridgehead atoms. The zero-order valence-electron chi connectivity index (χ0n) is 18.2. The SMILES string of the molecule is COc1ccc(C2CCN(C(=O)C3CCN(S(=O)(=O)c4ccc(C)cc4)CC3)C2)cc1. The molecule has 2 aromatic rings. The van der Waals surface area contributed by atoms with Crippen molar-refractivity contribution in [2.45, 2.75) is 37.0 Å². The second kappa shape index (κ2) is 9.01. The van der Waals surface area contributed by atoms with Gasteiger partial charge < -0.3 is 9.64 Å². The molecule has 31 heavy (non-hydrogen) atoms. The van der Waals surface area contributed by atoms with Gasteiger partial charge in [0, 0.05) is 38.0 Å². The van der Waals surface area contributed by atoms with Gasteiger partial charge in [-0.1, -0.05) is 29.8 Å². The first-order chi connectivity index (χ1) is 14.9. The number of aryl methyl sites for hydroxylation is 1. The van der Waals surface area contributed by atoms with Crippen LogP contribution in [0.5, 0.6) is 5.75 Å². The molecule has 0 saturated carbocycles. The maximum atomic E-state index is 13.1. The Labute approximate surface area is 184 Å². The molecule has 1 atom stereocenters. The lowest BCUT2D eigenvalue weighted by Gasteiger charge is -2.32. The van der Waals surface area contributed by atoms with Crippen LogP contribution in [-0.4, -0.2) is 56.8 Å². The molecule has 2 heterocycles. The molecule has 1 amide bonds. The molecule has 2 aromatic carbocycles. The third kappa shape index (κ3) is 4.62. The average Bonchev–Trinajstić information content (AvgIpc) is 3.29. The Hall–Kier alpha value is -2.38. The highest BCUT2D eigenvalue weighted by Crippen LogP contribution is 2.31. The molecule has 0 N–H and O–H groups in total. The maximum Gasteiger partial charge on any atom is 0.243 e. The summed E-state index contributed by atoms with van der Waals surface area (Å²) in [4.78, 5) is 15.4. The minimum Gasteiger partial charge on any atom is -0.497 e. The van der Waals surface area contributed by atoms with Crippen LogP contribution in [0.2, 0.25) is 0 Å². The molecule has 0 spiro atoms. The Kier molecular flexibility index (Phi) is 6.34. The lowest BCUT2D eigenvalue weighted by molar-refractivity contribution is -0.135. The lowest BCUT2D eigenvalue weighted by Crippen LogP contribution is -2.43. The number of amides is 1. The number of nitrogens with zero attached hydrogens (tertiary/aromatic N) is 2. The van der Waals surface area contributed by atoms with Crippen LogP contribution in [-0.2, 0) is 14.8 Å². The van der Waals surface area contributed by atoms with E-state index in [1.54, 1.807) is 19.2 Å². The number of ether oxygens (including phenoxy) is 1. The van der Waals surface area contributed by atoms with Crippen molar-refractivity contribution in [1.29, 1.82) is 0 Å². The van der Waals surface area contributed by atoms with Crippen LogP contribution >= 0.6 is 0 Å². The van der Waals surface area contributed by atoms with Crippen molar-refractivity contribution >= 4 is 15.9 Å². The van der Waals surface area contributed by atoms with Crippen LogP contribution in [0.3, 0.4) is 0 Å². The lowest BCUT2D eigenvalue weighted by atomic mass is 9.96. The Balaban J connectivity index is 1.33. The number of likely N-dealkylation sites (tertiary alicyclic amines) is 1. The summed E-state index contributed by atoms with van der Waals surface area (Å²) in [5.41, 5.74) is 2.26. The summed E-state index contributed by atoms with van der Waals surface area (Å²) in [5, 5.41) is 0. The van der Waals surface area contributed by atoms with Gasteiger partial charge in [0.05, 0.1) is 12.0 Å². The molecule has 0 radical (unpaired) electrons. The second-order valence-electron chi connectivity index (χ2n) is 8.53. The van der Waals surface area contributed by atoms with Gasteiger partial charge in [-0.3, -0.25) is 4.79 Å². The van der Waals surface area contributed by atoms with E-state index in [0.717, 1.165) is 30.8 Å². The average molecular weight is 443 g/mol. The Morgan fingerprint density at radius 2 is 1.58 bits per heavy atom. The summed E-state index contributed by atoms with van der Waals surface area (Å²) in [6, 6.07) is 15.0. The molecule has 2 aliphatic rings. The maximum absolute atomic E-state index is 13.1. The molecule has 6 nitrogen and oxygen atoms in total. The fraction of sp³-hybridized carbons (Fsp3) is 0.458. The van der Waals surface area contributed by atoms with Crippen LogP contribution in [0.15, 0.2) is 53.4 Å². The molecule has 4 rings (SSSR count). The van der Waals surface area contributed by atoms with E-state index in [0.29, 0.717) is 36.7 Å². The van der Waals surface area contributed by atoms with E-state index in [2.05, 4.69) is 12.1 Å². The molecule has 2 saturated heterocycles. The third-order valence-electron chi connectivity index (χ3n) is 6.55. The molecule has 0 aromatic heterocycles. The highest BCUT2D eigenvalue weighted by atomic mass is 32.2. The van der Waals surface area contributed by atoms with Crippen molar-refractivity contribution < 1.29 is 17.9 Å². The number of carbonyl (C=O) groups is 1. The number of carbonyl (C=O) groups excluding carboxylic acids is 1. The number of methoxy groups -OCH3 is 1. The van der Waals surface area contributed by atoms with Crippen molar-refractivity contribution in [3.05, 3.63) is 59.7 Å². The van der Waals surface area contributed by atoms with Crippen molar-refractivity contribution in [3.63, 3.8) is 0 Å². The minimum absolute atomic E-state index is 0.0981. The van der Waals surface area contributed by atoms with E-state index in [-0.39, 0.29) is 11.8 Å². The zero-order chi connectivity index (χ0) is 22.0. The summed E-state index contributed by atoms with van der Waals surface area (Å²) < 4.78 is 32.5. The normalized spacial score (nSPS) is 20.7. The van der Waals surface area contributed by atoms with Gasteiger partial charge in [0.25, 0.3) is 0 Å². The van der Waals surface area contributed by atoms with Gasteiger partial charge in [-0.25, -0.2) is 8.42 Å². The quantitative estimate of drug-likeness (QED) is 0.712. The third-order valence-corrected chi connectivity index (χ3v) is 8.46. The molecule has 2 aliphatic heterocycles. The molecule has 7 heteroatoms. The van der Waals surface area contributed by atoms with E-state index in [1.165, 1.54) is 9.87 Å². The summed E-state index contributed by atoms with van der Waals surface area (Å²) in [7, 11) is -1.84. The zero-order valence-corrected chi connectivity index (χ0v) is 19.0. The first kappa shape index (κ1) is 21.8. The summed E-state index contributed by atoms with van der Waals surface area (Å²) in [6.45, 7) is 4.21. The number of hydrogen-bond donors (Lipinski definition) is 0. The number of piperidine rings is 1. The van der Waals surface area contributed by atoms with Crippen LogP contribution in [0.1, 0.15) is 36.3 Å². The van der Waals surface area contributed by atoms with Gasteiger partial charge in [0.1, 0.15) is 5.75 Å². The smallest absolute Gasteiger partial charge is 0.243 e. The van der Waals surface area contributed by atoms with E-state index in [1.807, 2.05) is 36.1 Å². The molecular formula is C24H30N2O4S. The first-order valence-electron chi connectivity index (χ1n) is 10.9. The van der Waals surface area contributed by atoms with Crippen LogP contribution in [0.25, 0.3) is 0 Å². The number of hydrogen-bond acceptors (Lipinski definition) is 4. The number of benzene rings is 2. The highest BCUT2D eigenvalue weighted by Gasteiger charge is 2.36. The minimum atomic E-state index is -3.50. The van der Waals surface area contributed by atoms with Crippen molar-refractivity contribution in [1.82, 2.24) is 9.21 Å². The van der Waals surface area contributed by atoms with Gasteiger partial charge >= 0.3 is 0 Å². The number of sulfonamides is 1. The van der Waals surface area contributed by atoms with Crippen molar-refractivity contribution in [3.8, 4) is 5.75 Å². The van der Waals surface area contributed by atoms with Gasteiger partial charge in [-0.15, -0.1) is 0 Å². The van der Waals surface area contributed by atoms with Gasteiger partial charge in [0.2, 0.25) is 15.9 Å². The van der Waals surface area contributed by atoms with Gasteiger partial charge in [0.15, 0.2) is 0 Å². The monoisotopic (exact) mass is 442 g/mol. The molecular weight excluding hydrogens is 412 g/mol.